The van der Waals surface area contributed by atoms with Crippen LogP contribution in [-0.2, 0) is 14.3 Å². The van der Waals surface area contributed by atoms with E-state index in [4.69, 9.17) is 9.47 Å². The molecule has 1 heterocycles. The summed E-state index contributed by atoms with van der Waals surface area (Å²) >= 11 is 0. The molecule has 0 radical (unpaired) electrons. The largest absolute Gasteiger partial charge is 0.353 e. The van der Waals surface area contributed by atoms with Gasteiger partial charge in [0.15, 0.2) is 6.29 Å². The van der Waals surface area contributed by atoms with Crippen molar-refractivity contribution in [2.45, 2.75) is 71.7 Å². The van der Waals surface area contributed by atoms with Crippen LogP contribution in [0.5, 0.6) is 0 Å². The first-order valence-electron chi connectivity index (χ1n) is 7.80. The van der Waals surface area contributed by atoms with Crippen LogP contribution in [0.1, 0.15) is 59.3 Å². The molecule has 3 nitrogen and oxygen atoms in total. The molecule has 0 bridgehead atoms. The van der Waals surface area contributed by atoms with E-state index in [1.165, 1.54) is 6.42 Å². The molecule has 0 aromatic carbocycles. The Balaban J connectivity index is 1.95. The van der Waals surface area contributed by atoms with Gasteiger partial charge in [0.05, 0.1) is 6.10 Å². The third-order valence-electron chi connectivity index (χ3n) is 6.34. The second-order valence-electron chi connectivity index (χ2n) is 6.98. The number of hydrogen-bond acceptors (Lipinski definition) is 3. The van der Waals surface area contributed by atoms with Gasteiger partial charge in [0.25, 0.3) is 0 Å². The average molecular weight is 266 g/mol. The van der Waals surface area contributed by atoms with Gasteiger partial charge in [-0.3, -0.25) is 4.79 Å². The Bertz CT molecular complexity index is 380. The van der Waals surface area contributed by atoms with Crippen LogP contribution < -0.4 is 0 Å². The first-order chi connectivity index (χ1) is 9.02. The topological polar surface area (TPSA) is 35.5 Å². The smallest absolute Gasteiger partial charge is 0.158 e. The fourth-order valence-electron chi connectivity index (χ4n) is 4.95. The second-order valence-corrected chi connectivity index (χ2v) is 6.98. The van der Waals surface area contributed by atoms with Gasteiger partial charge in [-0.05, 0) is 37.5 Å². The van der Waals surface area contributed by atoms with E-state index in [1.807, 2.05) is 6.92 Å². The summed E-state index contributed by atoms with van der Waals surface area (Å²) in [7, 11) is 0. The van der Waals surface area contributed by atoms with Gasteiger partial charge in [0.1, 0.15) is 5.78 Å². The van der Waals surface area contributed by atoms with Gasteiger partial charge in [-0.1, -0.05) is 13.8 Å². The molecule has 0 amide bonds. The molecule has 108 valence electrons. The minimum atomic E-state index is -0.0921. The molecule has 0 unspecified atom stereocenters. The van der Waals surface area contributed by atoms with Crippen LogP contribution in [0.15, 0.2) is 0 Å². The molecule has 3 fully saturated rings. The Morgan fingerprint density at radius 2 is 2.21 bits per heavy atom. The number of rotatable bonds is 2. The third kappa shape index (κ3) is 1.81. The van der Waals surface area contributed by atoms with Crippen molar-refractivity contribution >= 4 is 5.78 Å². The number of ketones is 1. The highest BCUT2D eigenvalue weighted by molar-refractivity contribution is 5.80. The molecule has 0 N–H and O–H groups in total. The van der Waals surface area contributed by atoms with Gasteiger partial charge < -0.3 is 9.47 Å². The number of carbonyl (C=O) groups excluding carboxylic acids is 1. The summed E-state index contributed by atoms with van der Waals surface area (Å²) in [5.74, 6) is 1.11. The number of carbonyl (C=O) groups is 1. The SMILES string of the molecule is CCO[C@@H]1C[C@]23CC(=O)CC[C@@]2(C)[C@H](C)CC[C@@H]3O1. The van der Waals surface area contributed by atoms with Gasteiger partial charge in [-0.15, -0.1) is 0 Å². The Labute approximate surface area is 116 Å². The molecule has 3 aliphatic rings. The average Bonchev–Trinajstić information content (AvgIpc) is 2.71. The summed E-state index contributed by atoms with van der Waals surface area (Å²) in [6, 6.07) is 0. The van der Waals surface area contributed by atoms with Crippen LogP contribution in [0, 0.1) is 16.7 Å². The molecule has 3 rings (SSSR count). The molecular weight excluding hydrogens is 240 g/mol. The van der Waals surface area contributed by atoms with E-state index in [2.05, 4.69) is 13.8 Å². The molecule has 1 spiro atoms. The quantitative estimate of drug-likeness (QED) is 0.769. The summed E-state index contributed by atoms with van der Waals surface area (Å²) in [6.07, 6.45) is 5.87. The fourth-order valence-corrected chi connectivity index (χ4v) is 4.95. The highest BCUT2D eigenvalue weighted by Crippen LogP contribution is 2.65. The maximum absolute atomic E-state index is 12.1. The molecule has 1 saturated heterocycles. The zero-order valence-corrected chi connectivity index (χ0v) is 12.4. The summed E-state index contributed by atoms with van der Waals surface area (Å²) in [4.78, 5) is 12.1. The Morgan fingerprint density at radius 3 is 2.95 bits per heavy atom. The molecule has 0 aromatic rings. The van der Waals surface area contributed by atoms with Gasteiger partial charge >= 0.3 is 0 Å². The maximum Gasteiger partial charge on any atom is 0.158 e. The van der Waals surface area contributed by atoms with E-state index in [0.717, 1.165) is 25.7 Å². The zero-order chi connectivity index (χ0) is 13.7. The van der Waals surface area contributed by atoms with E-state index in [0.29, 0.717) is 24.7 Å². The first kappa shape index (κ1) is 13.6. The fraction of sp³-hybridized carbons (Fsp3) is 0.938. The van der Waals surface area contributed by atoms with Crippen molar-refractivity contribution in [1.29, 1.82) is 0 Å². The summed E-state index contributed by atoms with van der Waals surface area (Å²) in [5.41, 5.74) is 0.287. The summed E-state index contributed by atoms with van der Waals surface area (Å²) in [5, 5.41) is 0. The lowest BCUT2D eigenvalue weighted by Crippen LogP contribution is -2.56. The molecule has 19 heavy (non-hydrogen) atoms. The molecule has 2 aliphatic carbocycles. The van der Waals surface area contributed by atoms with Crippen molar-refractivity contribution in [2.75, 3.05) is 6.61 Å². The van der Waals surface area contributed by atoms with Gasteiger partial charge in [0.2, 0.25) is 0 Å². The lowest BCUT2D eigenvalue weighted by atomic mass is 9.46. The first-order valence-corrected chi connectivity index (χ1v) is 7.80. The minimum Gasteiger partial charge on any atom is -0.353 e. The molecule has 0 aromatic heterocycles. The van der Waals surface area contributed by atoms with Crippen LogP contribution in [0.25, 0.3) is 0 Å². The van der Waals surface area contributed by atoms with Gasteiger partial charge in [0, 0.05) is 31.3 Å². The normalized spacial score (nSPS) is 49.8. The Morgan fingerprint density at radius 1 is 1.42 bits per heavy atom. The van der Waals surface area contributed by atoms with Crippen molar-refractivity contribution in [1.82, 2.24) is 0 Å². The van der Waals surface area contributed by atoms with Crippen molar-refractivity contribution in [3.8, 4) is 0 Å². The van der Waals surface area contributed by atoms with Gasteiger partial charge in [-0.25, -0.2) is 0 Å². The van der Waals surface area contributed by atoms with Crippen LogP contribution in [0.3, 0.4) is 0 Å². The van der Waals surface area contributed by atoms with E-state index in [-0.39, 0.29) is 23.2 Å². The van der Waals surface area contributed by atoms with Crippen molar-refractivity contribution in [3.05, 3.63) is 0 Å². The molecule has 3 heteroatoms. The number of hydrogen-bond donors (Lipinski definition) is 0. The zero-order valence-electron chi connectivity index (χ0n) is 12.4. The molecule has 2 saturated carbocycles. The maximum atomic E-state index is 12.1. The van der Waals surface area contributed by atoms with Crippen molar-refractivity contribution < 1.29 is 14.3 Å². The second kappa shape index (κ2) is 4.56. The monoisotopic (exact) mass is 266 g/mol. The van der Waals surface area contributed by atoms with Crippen LogP contribution in [-0.4, -0.2) is 24.8 Å². The Hall–Kier alpha value is -0.410. The van der Waals surface area contributed by atoms with E-state index in [9.17, 15) is 4.79 Å². The standard InChI is InChI=1S/C16H26O3/c1-4-18-14-10-16-9-12(17)7-8-15(16,3)11(2)5-6-13(16)19-14/h11,13-14H,4-10H2,1-3H3/t11-,13+,14+,15+,16+/m1/s1. The summed E-state index contributed by atoms with van der Waals surface area (Å²) < 4.78 is 11.9. The van der Waals surface area contributed by atoms with Gasteiger partial charge in [-0.2, -0.15) is 0 Å². The third-order valence-corrected chi connectivity index (χ3v) is 6.34. The van der Waals surface area contributed by atoms with E-state index >= 15 is 0 Å². The molecular formula is C16H26O3. The van der Waals surface area contributed by atoms with Crippen LogP contribution >= 0.6 is 0 Å². The Kier molecular flexibility index (Phi) is 3.25. The highest BCUT2D eigenvalue weighted by Gasteiger charge is 2.64. The minimum absolute atomic E-state index is 0.0415. The van der Waals surface area contributed by atoms with Crippen molar-refractivity contribution in [2.24, 2.45) is 16.7 Å². The van der Waals surface area contributed by atoms with Crippen LogP contribution in [0.2, 0.25) is 0 Å². The highest BCUT2D eigenvalue weighted by atomic mass is 16.7. The molecule has 1 aliphatic heterocycles. The predicted octanol–water partition coefficient (Wildman–Crippen LogP) is 3.31. The number of Topliss-reactive ketones (excluding diaryl/α,β-unsaturated/α-hetero) is 1. The predicted molar refractivity (Wildman–Crippen MR) is 72.7 cm³/mol. The molecule has 5 atom stereocenters. The lowest BCUT2D eigenvalue weighted by Gasteiger charge is -2.58. The van der Waals surface area contributed by atoms with E-state index in [1.54, 1.807) is 0 Å². The van der Waals surface area contributed by atoms with Crippen molar-refractivity contribution in [3.63, 3.8) is 0 Å². The summed E-state index contributed by atoms with van der Waals surface area (Å²) in [6.45, 7) is 7.46. The van der Waals surface area contributed by atoms with E-state index < -0.39 is 0 Å². The van der Waals surface area contributed by atoms with Crippen LogP contribution in [0.4, 0.5) is 0 Å². The number of ether oxygens (including phenoxy) is 2. The lowest BCUT2D eigenvalue weighted by molar-refractivity contribution is -0.166.